The molecule has 102 valence electrons. The first-order chi connectivity index (χ1) is 9.56. The van der Waals surface area contributed by atoms with Crippen LogP contribution in [0.15, 0.2) is 46.9 Å². The largest absolute Gasteiger partial charge is 0.459 e. The molecule has 2 nitrogen and oxygen atoms in total. The third kappa shape index (κ3) is 2.31. The van der Waals surface area contributed by atoms with Crippen molar-refractivity contribution < 1.29 is 4.42 Å². The molecule has 1 unspecified atom stereocenters. The molecule has 0 bridgehead atoms. The van der Waals surface area contributed by atoms with Gasteiger partial charge in [0.1, 0.15) is 11.3 Å². The summed E-state index contributed by atoms with van der Waals surface area (Å²) in [6, 6.07) is 12.8. The Bertz CT molecular complexity index is 779. The number of benzene rings is 2. The molecule has 20 heavy (non-hydrogen) atoms. The maximum absolute atomic E-state index is 6.26. The molecule has 0 aliphatic heterocycles. The van der Waals surface area contributed by atoms with Gasteiger partial charge in [0.2, 0.25) is 0 Å². The van der Waals surface area contributed by atoms with Crippen molar-refractivity contribution in [3.05, 3.63) is 69.4 Å². The Morgan fingerprint density at radius 2 is 1.90 bits per heavy atom. The van der Waals surface area contributed by atoms with Gasteiger partial charge in [-0.25, -0.2) is 0 Å². The molecular weight excluding hydrogens is 293 g/mol. The number of hydrogen-bond donors (Lipinski definition) is 1. The number of hydrogen-bond acceptors (Lipinski definition) is 2. The van der Waals surface area contributed by atoms with Crippen molar-refractivity contribution >= 4 is 34.2 Å². The standard InChI is InChI=1S/C16H13Cl2NO/c1-9-3-2-4-10-7-14(20-16(9)10)15(19)12-6-5-11(17)8-13(12)18/h2-8,15H,19H2,1H3. The third-order valence-corrected chi connectivity index (χ3v) is 3.93. The predicted molar refractivity (Wildman–Crippen MR) is 83.4 cm³/mol. The lowest BCUT2D eigenvalue weighted by molar-refractivity contribution is 0.523. The van der Waals surface area contributed by atoms with E-state index < -0.39 is 6.04 Å². The molecule has 0 amide bonds. The second kappa shape index (κ2) is 5.13. The zero-order valence-electron chi connectivity index (χ0n) is 10.9. The molecule has 4 heteroatoms. The first kappa shape index (κ1) is 13.5. The Kier molecular flexibility index (Phi) is 3.47. The van der Waals surface area contributed by atoms with Gasteiger partial charge in [-0.2, -0.15) is 0 Å². The van der Waals surface area contributed by atoms with Gasteiger partial charge in [-0.3, -0.25) is 0 Å². The lowest BCUT2D eigenvalue weighted by Crippen LogP contribution is -2.11. The van der Waals surface area contributed by atoms with Gasteiger partial charge in [-0.1, -0.05) is 47.5 Å². The molecule has 2 aromatic carbocycles. The molecule has 0 fully saturated rings. The quantitative estimate of drug-likeness (QED) is 0.715. The lowest BCUT2D eigenvalue weighted by atomic mass is 10.1. The summed E-state index contributed by atoms with van der Waals surface area (Å²) in [7, 11) is 0. The highest BCUT2D eigenvalue weighted by atomic mass is 35.5. The third-order valence-electron chi connectivity index (χ3n) is 3.36. The highest BCUT2D eigenvalue weighted by molar-refractivity contribution is 6.35. The van der Waals surface area contributed by atoms with E-state index in [9.17, 15) is 0 Å². The van der Waals surface area contributed by atoms with Crippen molar-refractivity contribution in [3.63, 3.8) is 0 Å². The Balaban J connectivity index is 2.08. The van der Waals surface area contributed by atoms with Gasteiger partial charge in [0, 0.05) is 15.4 Å². The number of halogens is 2. The van der Waals surface area contributed by atoms with Crippen LogP contribution in [-0.2, 0) is 0 Å². The summed E-state index contributed by atoms with van der Waals surface area (Å²) in [6.07, 6.45) is 0. The van der Waals surface area contributed by atoms with Crippen LogP contribution in [0.4, 0.5) is 0 Å². The molecule has 2 N–H and O–H groups in total. The van der Waals surface area contributed by atoms with E-state index in [2.05, 4.69) is 0 Å². The van der Waals surface area contributed by atoms with Gasteiger partial charge in [0.25, 0.3) is 0 Å². The van der Waals surface area contributed by atoms with E-state index in [4.69, 9.17) is 33.4 Å². The smallest absolute Gasteiger partial charge is 0.137 e. The van der Waals surface area contributed by atoms with Crippen LogP contribution in [0.2, 0.25) is 10.0 Å². The van der Waals surface area contributed by atoms with Crippen LogP contribution in [-0.4, -0.2) is 0 Å². The lowest BCUT2D eigenvalue weighted by Gasteiger charge is -2.11. The number of para-hydroxylation sites is 1. The van der Waals surface area contributed by atoms with Crippen LogP contribution in [0.3, 0.4) is 0 Å². The van der Waals surface area contributed by atoms with Crippen LogP contribution >= 0.6 is 23.2 Å². The Morgan fingerprint density at radius 3 is 2.60 bits per heavy atom. The molecule has 0 saturated heterocycles. The molecule has 0 radical (unpaired) electrons. The summed E-state index contributed by atoms with van der Waals surface area (Å²) in [5.41, 5.74) is 9.01. The van der Waals surface area contributed by atoms with Crippen molar-refractivity contribution in [3.8, 4) is 0 Å². The van der Waals surface area contributed by atoms with Gasteiger partial charge >= 0.3 is 0 Å². The summed E-state index contributed by atoms with van der Waals surface area (Å²) in [4.78, 5) is 0. The van der Waals surface area contributed by atoms with Crippen molar-refractivity contribution in [2.45, 2.75) is 13.0 Å². The Morgan fingerprint density at radius 1 is 1.10 bits per heavy atom. The molecule has 0 aliphatic rings. The maximum atomic E-state index is 6.26. The van der Waals surface area contributed by atoms with Crippen molar-refractivity contribution in [1.29, 1.82) is 0 Å². The number of fused-ring (bicyclic) bond motifs is 1. The second-order valence-electron chi connectivity index (χ2n) is 4.79. The van der Waals surface area contributed by atoms with Crippen LogP contribution in [0, 0.1) is 6.92 Å². The fraction of sp³-hybridized carbons (Fsp3) is 0.125. The minimum absolute atomic E-state index is 0.411. The Hall–Kier alpha value is -1.48. The van der Waals surface area contributed by atoms with Crippen LogP contribution in [0.5, 0.6) is 0 Å². The fourth-order valence-electron chi connectivity index (χ4n) is 2.29. The molecule has 1 heterocycles. The summed E-state index contributed by atoms with van der Waals surface area (Å²) >= 11 is 12.1. The van der Waals surface area contributed by atoms with Crippen molar-refractivity contribution in [2.75, 3.05) is 0 Å². The van der Waals surface area contributed by atoms with Gasteiger partial charge in [-0.15, -0.1) is 0 Å². The van der Waals surface area contributed by atoms with E-state index in [0.29, 0.717) is 15.8 Å². The summed E-state index contributed by atoms with van der Waals surface area (Å²) < 4.78 is 5.88. The molecule has 0 spiro atoms. The van der Waals surface area contributed by atoms with Gasteiger partial charge in [-0.05, 0) is 36.2 Å². The van der Waals surface area contributed by atoms with Crippen LogP contribution in [0.25, 0.3) is 11.0 Å². The van der Waals surface area contributed by atoms with E-state index in [0.717, 1.165) is 22.1 Å². The molecule has 0 aliphatic carbocycles. The number of rotatable bonds is 2. The van der Waals surface area contributed by atoms with Crippen molar-refractivity contribution in [1.82, 2.24) is 0 Å². The highest BCUT2D eigenvalue weighted by Gasteiger charge is 2.17. The monoisotopic (exact) mass is 305 g/mol. The highest BCUT2D eigenvalue weighted by Crippen LogP contribution is 2.32. The topological polar surface area (TPSA) is 39.2 Å². The average Bonchev–Trinajstić information content (AvgIpc) is 2.83. The van der Waals surface area contributed by atoms with E-state index in [1.807, 2.05) is 37.3 Å². The predicted octanol–water partition coefficient (Wildman–Crippen LogP) is 5.10. The van der Waals surface area contributed by atoms with E-state index in [-0.39, 0.29) is 0 Å². The van der Waals surface area contributed by atoms with E-state index in [1.165, 1.54) is 0 Å². The minimum Gasteiger partial charge on any atom is -0.459 e. The molecular formula is C16H13Cl2NO. The molecule has 3 rings (SSSR count). The summed E-state index contributed by atoms with van der Waals surface area (Å²) in [6.45, 7) is 2.01. The SMILES string of the molecule is Cc1cccc2cc(C(N)c3ccc(Cl)cc3Cl)oc12. The van der Waals surface area contributed by atoms with Crippen molar-refractivity contribution in [2.24, 2.45) is 5.73 Å². The van der Waals surface area contributed by atoms with Gasteiger partial charge in [0.05, 0.1) is 6.04 Å². The molecule has 0 saturated carbocycles. The molecule has 1 aromatic heterocycles. The minimum atomic E-state index is -0.411. The molecule has 1 atom stereocenters. The van der Waals surface area contributed by atoms with Crippen LogP contribution in [0.1, 0.15) is 22.9 Å². The zero-order chi connectivity index (χ0) is 14.3. The first-order valence-corrected chi connectivity index (χ1v) is 7.01. The number of nitrogens with two attached hydrogens (primary N) is 1. The normalized spacial score (nSPS) is 12.8. The van der Waals surface area contributed by atoms with Gasteiger partial charge in [0.15, 0.2) is 0 Å². The fourth-order valence-corrected chi connectivity index (χ4v) is 2.82. The van der Waals surface area contributed by atoms with Gasteiger partial charge < -0.3 is 10.2 Å². The Labute approximate surface area is 127 Å². The summed E-state index contributed by atoms with van der Waals surface area (Å²) in [5, 5.41) is 2.18. The molecule has 3 aromatic rings. The summed E-state index contributed by atoms with van der Waals surface area (Å²) in [5.74, 6) is 0.693. The second-order valence-corrected chi connectivity index (χ2v) is 5.63. The van der Waals surface area contributed by atoms with Crippen LogP contribution < -0.4 is 5.73 Å². The van der Waals surface area contributed by atoms with E-state index >= 15 is 0 Å². The first-order valence-electron chi connectivity index (χ1n) is 6.26. The maximum Gasteiger partial charge on any atom is 0.137 e. The number of furan rings is 1. The zero-order valence-corrected chi connectivity index (χ0v) is 12.4. The van der Waals surface area contributed by atoms with E-state index in [1.54, 1.807) is 12.1 Å². The average molecular weight is 306 g/mol. The number of aryl methyl sites for hydroxylation is 1.